The number of rotatable bonds is 2. The Morgan fingerprint density at radius 3 is 2.67 bits per heavy atom. The molecule has 0 atom stereocenters. The van der Waals surface area contributed by atoms with Crippen molar-refractivity contribution in [2.24, 2.45) is 5.92 Å². The summed E-state index contributed by atoms with van der Waals surface area (Å²) < 4.78 is 0.855. The molecule has 1 saturated carbocycles. The number of benzene rings is 1. The second kappa shape index (κ2) is 4.35. The van der Waals surface area contributed by atoms with Crippen LogP contribution in [0.1, 0.15) is 36.0 Å². The summed E-state index contributed by atoms with van der Waals surface area (Å²) in [5.74, 6) is 0.453. The fraction of sp³-hybridized carbons (Fsp3) is 0.417. The van der Waals surface area contributed by atoms with E-state index in [1.54, 1.807) is 12.1 Å². The number of nitrogen functional groups attached to an aromatic ring is 1. The third-order valence-corrected chi connectivity index (χ3v) is 3.67. The zero-order valence-electron chi connectivity index (χ0n) is 8.50. The van der Waals surface area contributed by atoms with Crippen molar-refractivity contribution in [2.75, 3.05) is 5.73 Å². The number of halogens is 1. The van der Waals surface area contributed by atoms with Gasteiger partial charge in [-0.2, -0.15) is 0 Å². The molecule has 0 radical (unpaired) electrons. The van der Waals surface area contributed by atoms with Crippen molar-refractivity contribution >= 4 is 27.4 Å². The summed E-state index contributed by atoms with van der Waals surface area (Å²) in [5, 5.41) is 0. The molecule has 80 valence electrons. The summed E-state index contributed by atoms with van der Waals surface area (Å²) in [5.41, 5.74) is 7.08. The van der Waals surface area contributed by atoms with Gasteiger partial charge in [0.15, 0.2) is 5.78 Å². The van der Waals surface area contributed by atoms with Gasteiger partial charge in [-0.3, -0.25) is 4.79 Å². The van der Waals surface area contributed by atoms with E-state index < -0.39 is 0 Å². The Hall–Kier alpha value is -0.830. The molecule has 0 aliphatic heterocycles. The summed E-state index contributed by atoms with van der Waals surface area (Å²) >= 11 is 3.40. The monoisotopic (exact) mass is 267 g/mol. The fourth-order valence-electron chi connectivity index (χ4n) is 2.14. The minimum atomic E-state index is 0.211. The van der Waals surface area contributed by atoms with Crippen LogP contribution in [0.25, 0.3) is 0 Å². The van der Waals surface area contributed by atoms with E-state index in [0.29, 0.717) is 5.69 Å². The Morgan fingerprint density at radius 1 is 1.33 bits per heavy atom. The molecule has 1 fully saturated rings. The van der Waals surface area contributed by atoms with Crippen molar-refractivity contribution < 1.29 is 4.79 Å². The van der Waals surface area contributed by atoms with Crippen molar-refractivity contribution in [2.45, 2.75) is 25.7 Å². The molecule has 0 bridgehead atoms. The first-order chi connectivity index (χ1) is 7.18. The van der Waals surface area contributed by atoms with Gasteiger partial charge in [-0.25, -0.2) is 0 Å². The van der Waals surface area contributed by atoms with Crippen LogP contribution in [-0.4, -0.2) is 5.78 Å². The molecule has 15 heavy (non-hydrogen) atoms. The van der Waals surface area contributed by atoms with Gasteiger partial charge in [0.1, 0.15) is 0 Å². The molecule has 2 rings (SSSR count). The van der Waals surface area contributed by atoms with Crippen LogP contribution in [0.2, 0.25) is 0 Å². The number of anilines is 1. The number of nitrogens with two attached hydrogens (primary N) is 1. The predicted molar refractivity (Wildman–Crippen MR) is 64.8 cm³/mol. The van der Waals surface area contributed by atoms with E-state index in [-0.39, 0.29) is 11.7 Å². The number of hydrogen-bond donors (Lipinski definition) is 1. The molecule has 0 spiro atoms. The first kappa shape index (κ1) is 10.7. The predicted octanol–water partition coefficient (Wildman–Crippen LogP) is 3.40. The van der Waals surface area contributed by atoms with E-state index in [1.165, 1.54) is 12.8 Å². The molecule has 1 aromatic rings. The quantitative estimate of drug-likeness (QED) is 0.659. The molecule has 0 amide bonds. The van der Waals surface area contributed by atoms with Gasteiger partial charge in [0.25, 0.3) is 0 Å². The maximum atomic E-state index is 12.1. The van der Waals surface area contributed by atoms with Crippen LogP contribution in [0.15, 0.2) is 22.7 Å². The first-order valence-corrected chi connectivity index (χ1v) is 6.07. The highest BCUT2D eigenvalue weighted by atomic mass is 79.9. The average Bonchev–Trinajstić information content (AvgIpc) is 2.74. The summed E-state index contributed by atoms with van der Waals surface area (Å²) in [4.78, 5) is 12.1. The van der Waals surface area contributed by atoms with Crippen LogP contribution in [-0.2, 0) is 0 Å². The summed E-state index contributed by atoms with van der Waals surface area (Å²) in [7, 11) is 0. The Kier molecular flexibility index (Phi) is 3.10. The molecule has 0 aromatic heterocycles. The Bertz CT molecular complexity index is 383. The number of ketones is 1. The lowest BCUT2D eigenvalue weighted by atomic mass is 9.96. The minimum Gasteiger partial charge on any atom is -0.399 e. The first-order valence-electron chi connectivity index (χ1n) is 5.27. The molecule has 1 aliphatic rings. The SMILES string of the molecule is Nc1ccc(Br)c(C(=O)C2CCCC2)c1. The number of Topliss-reactive ketones (excluding diaryl/α,β-unsaturated/α-hetero) is 1. The van der Waals surface area contributed by atoms with Gasteiger partial charge in [-0.1, -0.05) is 28.8 Å². The van der Waals surface area contributed by atoms with E-state index in [1.807, 2.05) is 6.07 Å². The lowest BCUT2D eigenvalue weighted by Crippen LogP contribution is -2.12. The van der Waals surface area contributed by atoms with Crippen LogP contribution in [0, 0.1) is 5.92 Å². The van der Waals surface area contributed by atoms with Gasteiger partial charge in [-0.15, -0.1) is 0 Å². The van der Waals surface area contributed by atoms with E-state index in [4.69, 9.17) is 5.73 Å². The minimum absolute atomic E-state index is 0.211. The maximum absolute atomic E-state index is 12.1. The zero-order valence-corrected chi connectivity index (χ0v) is 10.1. The highest BCUT2D eigenvalue weighted by molar-refractivity contribution is 9.10. The third-order valence-electron chi connectivity index (χ3n) is 2.98. The van der Waals surface area contributed by atoms with Crippen LogP contribution < -0.4 is 5.73 Å². The van der Waals surface area contributed by atoms with Crippen LogP contribution in [0.3, 0.4) is 0 Å². The van der Waals surface area contributed by atoms with E-state index in [0.717, 1.165) is 22.9 Å². The van der Waals surface area contributed by atoms with E-state index in [2.05, 4.69) is 15.9 Å². The van der Waals surface area contributed by atoms with Crippen LogP contribution in [0.5, 0.6) is 0 Å². The van der Waals surface area contributed by atoms with Gasteiger partial charge < -0.3 is 5.73 Å². The summed E-state index contributed by atoms with van der Waals surface area (Å²) in [6, 6.07) is 5.41. The smallest absolute Gasteiger partial charge is 0.167 e. The molecule has 1 aromatic carbocycles. The van der Waals surface area contributed by atoms with Crippen molar-refractivity contribution in [3.8, 4) is 0 Å². The molecule has 0 heterocycles. The second-order valence-corrected chi connectivity index (χ2v) is 4.94. The molecule has 2 nitrogen and oxygen atoms in total. The molecular weight excluding hydrogens is 254 g/mol. The Balaban J connectivity index is 2.27. The second-order valence-electron chi connectivity index (χ2n) is 4.08. The topological polar surface area (TPSA) is 43.1 Å². The fourth-order valence-corrected chi connectivity index (χ4v) is 2.58. The van der Waals surface area contributed by atoms with E-state index in [9.17, 15) is 4.79 Å². The third kappa shape index (κ3) is 2.23. The van der Waals surface area contributed by atoms with Crippen LogP contribution >= 0.6 is 15.9 Å². The standard InChI is InChI=1S/C12H14BrNO/c13-11-6-5-9(14)7-10(11)12(15)8-3-1-2-4-8/h5-8H,1-4,14H2. The highest BCUT2D eigenvalue weighted by Gasteiger charge is 2.25. The molecular formula is C12H14BrNO. The van der Waals surface area contributed by atoms with Crippen LogP contribution in [0.4, 0.5) is 5.69 Å². The van der Waals surface area contributed by atoms with Gasteiger partial charge >= 0.3 is 0 Å². The van der Waals surface area contributed by atoms with Crippen molar-refractivity contribution in [1.29, 1.82) is 0 Å². The van der Waals surface area contributed by atoms with E-state index >= 15 is 0 Å². The highest BCUT2D eigenvalue weighted by Crippen LogP contribution is 2.31. The number of carbonyl (C=O) groups is 1. The van der Waals surface area contributed by atoms with Gasteiger partial charge in [0, 0.05) is 21.6 Å². The average molecular weight is 268 g/mol. The molecule has 0 saturated heterocycles. The largest absolute Gasteiger partial charge is 0.399 e. The number of hydrogen-bond acceptors (Lipinski definition) is 2. The van der Waals surface area contributed by atoms with Gasteiger partial charge in [0.2, 0.25) is 0 Å². The van der Waals surface area contributed by atoms with Crippen molar-refractivity contribution in [3.05, 3.63) is 28.2 Å². The number of carbonyl (C=O) groups excluding carboxylic acids is 1. The Labute approximate surface area is 98.0 Å². The zero-order chi connectivity index (χ0) is 10.8. The Morgan fingerprint density at radius 2 is 2.00 bits per heavy atom. The summed E-state index contributed by atoms with van der Waals surface area (Å²) in [6.07, 6.45) is 4.41. The van der Waals surface area contributed by atoms with Gasteiger partial charge in [0.05, 0.1) is 0 Å². The molecule has 0 unspecified atom stereocenters. The lowest BCUT2D eigenvalue weighted by molar-refractivity contribution is 0.0922. The normalized spacial score (nSPS) is 16.9. The molecule has 2 N–H and O–H groups in total. The van der Waals surface area contributed by atoms with Gasteiger partial charge in [-0.05, 0) is 31.0 Å². The molecule has 1 aliphatic carbocycles. The van der Waals surface area contributed by atoms with Crippen molar-refractivity contribution in [3.63, 3.8) is 0 Å². The molecule has 3 heteroatoms. The summed E-state index contributed by atoms with van der Waals surface area (Å²) in [6.45, 7) is 0. The lowest BCUT2D eigenvalue weighted by Gasteiger charge is -2.10. The van der Waals surface area contributed by atoms with Crippen molar-refractivity contribution in [1.82, 2.24) is 0 Å². The maximum Gasteiger partial charge on any atom is 0.167 e.